The number of aliphatic hydroxyl groups excluding tert-OH is 1. The molecule has 0 radical (unpaired) electrons. The first-order chi connectivity index (χ1) is 13.2. The number of carbonyl (C=O) groups excluding carboxylic acids is 1. The Kier molecular flexibility index (Phi) is 6.69. The molecule has 0 aromatic heterocycles. The van der Waals surface area contributed by atoms with E-state index in [2.05, 4.69) is 11.4 Å². The summed E-state index contributed by atoms with van der Waals surface area (Å²) in [5.74, 6) is 0.0250. The van der Waals surface area contributed by atoms with Crippen LogP contribution in [-0.4, -0.2) is 29.2 Å². The average Bonchev–Trinajstić information content (AvgIpc) is 2.72. The Morgan fingerprint density at radius 2 is 1.67 bits per heavy atom. The van der Waals surface area contributed by atoms with Gasteiger partial charge in [-0.05, 0) is 28.3 Å². The fraction of sp³-hybridized carbons (Fsp3) is 0.227. The van der Waals surface area contributed by atoms with E-state index in [1.807, 2.05) is 66.7 Å². The summed E-state index contributed by atoms with van der Waals surface area (Å²) in [6.45, 7) is 0.173. The summed E-state index contributed by atoms with van der Waals surface area (Å²) in [5, 5.41) is 15.2. The summed E-state index contributed by atoms with van der Waals surface area (Å²) < 4.78 is 5.26. The second kappa shape index (κ2) is 9.40. The van der Waals surface area contributed by atoms with E-state index in [0.29, 0.717) is 6.42 Å². The predicted molar refractivity (Wildman–Crippen MR) is 108 cm³/mol. The first-order valence-electron chi connectivity index (χ1n) is 8.84. The van der Waals surface area contributed by atoms with E-state index in [4.69, 9.17) is 16.3 Å². The van der Waals surface area contributed by atoms with Gasteiger partial charge >= 0.3 is 6.09 Å². The minimum absolute atomic E-state index is 0.0250. The lowest BCUT2D eigenvalue weighted by molar-refractivity contribution is 0.110. The number of aliphatic hydroxyl groups is 1. The maximum Gasteiger partial charge on any atom is 0.407 e. The van der Waals surface area contributed by atoms with Crippen LogP contribution in [0.25, 0.3) is 10.8 Å². The van der Waals surface area contributed by atoms with Gasteiger partial charge in [0.15, 0.2) is 0 Å². The number of alkyl carbamates (subject to hydrolysis) is 1. The summed E-state index contributed by atoms with van der Waals surface area (Å²) in [4.78, 5) is 12.2. The van der Waals surface area contributed by atoms with Crippen molar-refractivity contribution in [1.82, 2.24) is 5.32 Å². The molecular weight excluding hydrogens is 362 g/mol. The fourth-order valence-electron chi connectivity index (χ4n) is 2.93. The van der Waals surface area contributed by atoms with Crippen molar-refractivity contribution in [3.05, 3.63) is 83.9 Å². The standard InChI is InChI=1S/C22H22ClNO3/c23-14-21(25)20(24-22(26)27-15-16-6-2-1-3-7-16)13-17-10-11-18-8-4-5-9-19(18)12-17/h1-12,20-21,25H,13-15H2,(H,24,26)/t20-,21-/m0/s1. The van der Waals surface area contributed by atoms with E-state index in [-0.39, 0.29) is 12.5 Å². The largest absolute Gasteiger partial charge is 0.445 e. The van der Waals surface area contributed by atoms with Crippen LogP contribution >= 0.6 is 11.6 Å². The van der Waals surface area contributed by atoms with Gasteiger partial charge in [0.05, 0.1) is 18.0 Å². The van der Waals surface area contributed by atoms with Crippen LogP contribution in [0.3, 0.4) is 0 Å². The van der Waals surface area contributed by atoms with Crippen LogP contribution in [0, 0.1) is 0 Å². The monoisotopic (exact) mass is 383 g/mol. The Bertz CT molecular complexity index is 885. The zero-order valence-corrected chi connectivity index (χ0v) is 15.6. The molecule has 0 aliphatic heterocycles. The number of nitrogens with one attached hydrogen (secondary N) is 1. The fourth-order valence-corrected chi connectivity index (χ4v) is 3.14. The first-order valence-corrected chi connectivity index (χ1v) is 9.38. The molecule has 2 atom stereocenters. The molecule has 0 fully saturated rings. The molecule has 3 aromatic rings. The molecule has 1 amide bonds. The number of rotatable bonds is 7. The quantitative estimate of drug-likeness (QED) is 0.599. The number of amides is 1. The van der Waals surface area contributed by atoms with E-state index < -0.39 is 18.2 Å². The molecule has 0 saturated carbocycles. The van der Waals surface area contributed by atoms with Gasteiger partial charge in [-0.2, -0.15) is 0 Å². The highest BCUT2D eigenvalue weighted by Crippen LogP contribution is 2.17. The number of benzene rings is 3. The number of halogens is 1. The third kappa shape index (κ3) is 5.46. The minimum Gasteiger partial charge on any atom is -0.445 e. The molecular formula is C22H22ClNO3. The third-order valence-electron chi connectivity index (χ3n) is 4.41. The topological polar surface area (TPSA) is 58.6 Å². The molecule has 5 heteroatoms. The number of hydrogen-bond acceptors (Lipinski definition) is 3. The zero-order valence-electron chi connectivity index (χ0n) is 14.8. The molecule has 3 aromatic carbocycles. The van der Waals surface area contributed by atoms with Gasteiger partial charge in [-0.3, -0.25) is 0 Å². The molecule has 0 bridgehead atoms. The Morgan fingerprint density at radius 1 is 0.963 bits per heavy atom. The summed E-state index contributed by atoms with van der Waals surface area (Å²) >= 11 is 5.82. The Hall–Kier alpha value is -2.56. The molecule has 0 heterocycles. The van der Waals surface area contributed by atoms with Gasteiger partial charge in [0, 0.05) is 0 Å². The van der Waals surface area contributed by atoms with Crippen LogP contribution < -0.4 is 5.32 Å². The van der Waals surface area contributed by atoms with Gasteiger partial charge in [-0.1, -0.05) is 72.8 Å². The van der Waals surface area contributed by atoms with Crippen LogP contribution in [0.2, 0.25) is 0 Å². The van der Waals surface area contributed by atoms with Crippen molar-refractivity contribution in [2.24, 2.45) is 0 Å². The number of hydrogen-bond donors (Lipinski definition) is 2. The van der Waals surface area contributed by atoms with E-state index in [1.54, 1.807) is 0 Å². The number of carbonyl (C=O) groups is 1. The van der Waals surface area contributed by atoms with Gasteiger partial charge in [0.25, 0.3) is 0 Å². The molecule has 0 aliphatic rings. The SMILES string of the molecule is O=C(N[C@@H](Cc1ccc2ccccc2c1)[C@@H](O)CCl)OCc1ccccc1. The van der Waals surface area contributed by atoms with Gasteiger partial charge in [0.1, 0.15) is 6.61 Å². The number of fused-ring (bicyclic) bond motifs is 1. The molecule has 3 rings (SSSR count). The minimum atomic E-state index is -0.873. The number of alkyl halides is 1. The smallest absolute Gasteiger partial charge is 0.407 e. The van der Waals surface area contributed by atoms with Crippen LogP contribution in [0.1, 0.15) is 11.1 Å². The van der Waals surface area contributed by atoms with E-state index in [9.17, 15) is 9.90 Å². The highest BCUT2D eigenvalue weighted by Gasteiger charge is 2.22. The average molecular weight is 384 g/mol. The molecule has 4 nitrogen and oxygen atoms in total. The summed E-state index contributed by atoms with van der Waals surface area (Å²) in [6.07, 6.45) is -0.990. The Balaban J connectivity index is 1.64. The van der Waals surface area contributed by atoms with Crippen molar-refractivity contribution in [2.75, 3.05) is 5.88 Å². The van der Waals surface area contributed by atoms with Crippen LogP contribution in [0.4, 0.5) is 4.79 Å². The highest BCUT2D eigenvalue weighted by atomic mass is 35.5. The third-order valence-corrected chi connectivity index (χ3v) is 4.72. The van der Waals surface area contributed by atoms with Crippen molar-refractivity contribution in [1.29, 1.82) is 0 Å². The van der Waals surface area contributed by atoms with Crippen molar-refractivity contribution < 1.29 is 14.6 Å². The molecule has 0 unspecified atom stereocenters. The maximum atomic E-state index is 12.2. The van der Waals surface area contributed by atoms with E-state index in [0.717, 1.165) is 21.9 Å². The van der Waals surface area contributed by atoms with Crippen LogP contribution in [0.5, 0.6) is 0 Å². The Morgan fingerprint density at radius 3 is 2.41 bits per heavy atom. The lowest BCUT2D eigenvalue weighted by Crippen LogP contribution is -2.45. The lowest BCUT2D eigenvalue weighted by atomic mass is 9.99. The van der Waals surface area contributed by atoms with E-state index in [1.165, 1.54) is 0 Å². The van der Waals surface area contributed by atoms with Crippen molar-refractivity contribution >= 4 is 28.5 Å². The zero-order chi connectivity index (χ0) is 19.1. The van der Waals surface area contributed by atoms with Crippen LogP contribution in [-0.2, 0) is 17.8 Å². The van der Waals surface area contributed by atoms with Crippen molar-refractivity contribution in [2.45, 2.75) is 25.2 Å². The summed E-state index contributed by atoms with van der Waals surface area (Å²) in [7, 11) is 0. The lowest BCUT2D eigenvalue weighted by Gasteiger charge is -2.22. The molecule has 2 N–H and O–H groups in total. The number of ether oxygens (including phenoxy) is 1. The van der Waals surface area contributed by atoms with Crippen molar-refractivity contribution in [3.8, 4) is 0 Å². The molecule has 0 spiro atoms. The van der Waals surface area contributed by atoms with Crippen LogP contribution in [0.15, 0.2) is 72.8 Å². The van der Waals surface area contributed by atoms with Gasteiger partial charge in [0.2, 0.25) is 0 Å². The Labute approximate surface area is 163 Å². The molecule has 140 valence electrons. The normalized spacial score (nSPS) is 13.1. The maximum absolute atomic E-state index is 12.2. The predicted octanol–water partition coefficient (Wildman–Crippen LogP) is 4.28. The molecule has 0 aliphatic carbocycles. The second-order valence-electron chi connectivity index (χ2n) is 6.42. The van der Waals surface area contributed by atoms with Gasteiger partial charge in [-0.25, -0.2) is 4.79 Å². The highest BCUT2D eigenvalue weighted by molar-refractivity contribution is 6.18. The molecule has 0 saturated heterocycles. The van der Waals surface area contributed by atoms with Gasteiger partial charge in [-0.15, -0.1) is 11.6 Å². The van der Waals surface area contributed by atoms with Gasteiger partial charge < -0.3 is 15.2 Å². The van der Waals surface area contributed by atoms with E-state index >= 15 is 0 Å². The summed E-state index contributed by atoms with van der Waals surface area (Å²) in [6, 6.07) is 23.0. The second-order valence-corrected chi connectivity index (χ2v) is 6.73. The van der Waals surface area contributed by atoms with Crippen molar-refractivity contribution in [3.63, 3.8) is 0 Å². The molecule has 27 heavy (non-hydrogen) atoms. The summed E-state index contributed by atoms with van der Waals surface area (Å²) in [5.41, 5.74) is 1.91. The first kappa shape index (κ1) is 19.2.